The van der Waals surface area contributed by atoms with Crippen LogP contribution in [0, 0.1) is 6.92 Å². The lowest BCUT2D eigenvalue weighted by molar-refractivity contribution is 1.42. The third-order valence-corrected chi connectivity index (χ3v) is 4.02. The molecule has 0 aliphatic heterocycles. The van der Waals surface area contributed by atoms with Crippen molar-refractivity contribution >= 4 is 60.5 Å². The van der Waals surface area contributed by atoms with Crippen LogP contribution >= 0.6 is 43.5 Å². The van der Waals surface area contributed by atoms with Crippen LogP contribution < -0.4 is 11.1 Å². The second-order valence-electron chi connectivity index (χ2n) is 3.94. The molecule has 0 spiro atoms. The van der Waals surface area contributed by atoms with Crippen LogP contribution in [-0.2, 0) is 0 Å². The Hall–Kier alpha value is -0.710. The first-order chi connectivity index (χ1) is 8.47. The quantitative estimate of drug-likeness (QED) is 0.665. The molecule has 0 saturated carbocycles. The smallest absolute Gasteiger partial charge is 0.0656 e. The van der Waals surface area contributed by atoms with Gasteiger partial charge in [-0.25, -0.2) is 0 Å². The van der Waals surface area contributed by atoms with Gasteiger partial charge in [-0.1, -0.05) is 27.5 Å². The van der Waals surface area contributed by atoms with Crippen LogP contribution in [0.2, 0.25) is 5.02 Å². The predicted molar refractivity (Wildman–Crippen MR) is 85.7 cm³/mol. The van der Waals surface area contributed by atoms with E-state index < -0.39 is 0 Å². The molecule has 0 aliphatic rings. The van der Waals surface area contributed by atoms with Crippen molar-refractivity contribution < 1.29 is 0 Å². The molecule has 5 heteroatoms. The number of halogens is 3. The predicted octanol–water partition coefficient (Wildman–Crippen LogP) is 5.50. The van der Waals surface area contributed by atoms with E-state index in [1.165, 1.54) is 0 Å². The third kappa shape index (κ3) is 2.99. The zero-order chi connectivity index (χ0) is 13.3. The van der Waals surface area contributed by atoms with Gasteiger partial charge in [-0.05, 0) is 58.7 Å². The lowest BCUT2D eigenvalue weighted by Crippen LogP contribution is -1.96. The fourth-order valence-corrected chi connectivity index (χ4v) is 2.88. The molecule has 2 aromatic rings. The first-order valence-electron chi connectivity index (χ1n) is 5.25. The molecule has 0 aliphatic carbocycles. The molecule has 94 valence electrons. The Labute approximate surface area is 128 Å². The Morgan fingerprint density at radius 1 is 1.11 bits per heavy atom. The van der Waals surface area contributed by atoms with E-state index in [9.17, 15) is 0 Å². The zero-order valence-electron chi connectivity index (χ0n) is 9.60. The maximum Gasteiger partial charge on any atom is 0.0656 e. The number of aryl methyl sites for hydroxylation is 1. The number of nitrogens with two attached hydrogens (primary N) is 1. The highest BCUT2D eigenvalue weighted by atomic mass is 79.9. The molecular formula is C13H11Br2ClN2. The summed E-state index contributed by atoms with van der Waals surface area (Å²) < 4.78 is 2.00. The van der Waals surface area contributed by atoms with Gasteiger partial charge in [0, 0.05) is 14.6 Å². The number of rotatable bonds is 2. The average Bonchev–Trinajstić information content (AvgIpc) is 2.29. The second-order valence-corrected chi connectivity index (χ2v) is 6.12. The Bertz CT molecular complexity index is 600. The van der Waals surface area contributed by atoms with Crippen molar-refractivity contribution in [1.29, 1.82) is 0 Å². The number of nitrogen functional groups attached to an aromatic ring is 1. The first-order valence-corrected chi connectivity index (χ1v) is 7.21. The minimum atomic E-state index is 0.552. The Kier molecular flexibility index (Phi) is 4.20. The number of benzene rings is 2. The average molecular weight is 391 g/mol. The van der Waals surface area contributed by atoms with Crippen LogP contribution in [0.15, 0.2) is 39.3 Å². The van der Waals surface area contributed by atoms with Crippen LogP contribution in [0.5, 0.6) is 0 Å². The Balaban J connectivity index is 2.37. The summed E-state index contributed by atoms with van der Waals surface area (Å²) in [5.41, 5.74) is 9.31. The molecule has 0 bridgehead atoms. The summed E-state index contributed by atoms with van der Waals surface area (Å²) in [4.78, 5) is 0. The standard InChI is InChI=1S/C13H11Br2ClN2/c1-7-4-11(17)10(16)6-13(7)18-12-3-2-8(14)5-9(12)15/h2-6,18H,17H2,1H3. The number of nitrogens with one attached hydrogen (secondary N) is 1. The zero-order valence-corrected chi connectivity index (χ0v) is 13.5. The lowest BCUT2D eigenvalue weighted by atomic mass is 10.1. The maximum atomic E-state index is 6.03. The van der Waals surface area contributed by atoms with E-state index in [0.717, 1.165) is 25.9 Å². The normalized spacial score (nSPS) is 10.4. The second kappa shape index (κ2) is 5.51. The van der Waals surface area contributed by atoms with E-state index in [4.69, 9.17) is 17.3 Å². The van der Waals surface area contributed by atoms with E-state index >= 15 is 0 Å². The van der Waals surface area contributed by atoms with Crippen LogP contribution in [0.1, 0.15) is 5.56 Å². The Morgan fingerprint density at radius 3 is 2.50 bits per heavy atom. The van der Waals surface area contributed by atoms with Gasteiger partial charge >= 0.3 is 0 Å². The molecular weight excluding hydrogens is 379 g/mol. The van der Waals surface area contributed by atoms with Crippen LogP contribution in [0.3, 0.4) is 0 Å². The fourth-order valence-electron chi connectivity index (χ4n) is 1.57. The summed E-state index contributed by atoms with van der Waals surface area (Å²) in [5.74, 6) is 0. The maximum absolute atomic E-state index is 6.03. The highest BCUT2D eigenvalue weighted by molar-refractivity contribution is 9.11. The van der Waals surface area contributed by atoms with Crippen molar-refractivity contribution in [2.75, 3.05) is 11.1 Å². The van der Waals surface area contributed by atoms with Crippen molar-refractivity contribution in [2.45, 2.75) is 6.92 Å². The van der Waals surface area contributed by atoms with Gasteiger partial charge in [0.25, 0.3) is 0 Å². The molecule has 18 heavy (non-hydrogen) atoms. The third-order valence-electron chi connectivity index (χ3n) is 2.54. The molecule has 2 rings (SSSR count). The molecule has 0 atom stereocenters. The summed E-state index contributed by atoms with van der Waals surface area (Å²) >= 11 is 13.0. The molecule has 0 radical (unpaired) electrons. The summed E-state index contributed by atoms with van der Waals surface area (Å²) in [6, 6.07) is 9.63. The summed E-state index contributed by atoms with van der Waals surface area (Å²) in [5, 5.41) is 3.88. The van der Waals surface area contributed by atoms with E-state index in [-0.39, 0.29) is 0 Å². The van der Waals surface area contributed by atoms with Crippen LogP contribution in [0.25, 0.3) is 0 Å². The minimum Gasteiger partial charge on any atom is -0.398 e. The molecule has 0 saturated heterocycles. The van der Waals surface area contributed by atoms with Gasteiger partial charge in [-0.2, -0.15) is 0 Å². The van der Waals surface area contributed by atoms with Gasteiger partial charge in [0.2, 0.25) is 0 Å². The monoisotopic (exact) mass is 388 g/mol. The molecule has 2 aromatic carbocycles. The molecule has 2 nitrogen and oxygen atoms in total. The van der Waals surface area contributed by atoms with Gasteiger partial charge in [0.15, 0.2) is 0 Å². The summed E-state index contributed by atoms with van der Waals surface area (Å²) in [6.45, 7) is 1.99. The molecule has 0 fully saturated rings. The van der Waals surface area contributed by atoms with E-state index in [0.29, 0.717) is 10.7 Å². The van der Waals surface area contributed by atoms with E-state index in [2.05, 4.69) is 37.2 Å². The lowest BCUT2D eigenvalue weighted by Gasteiger charge is -2.13. The van der Waals surface area contributed by atoms with Gasteiger partial charge in [0.1, 0.15) is 0 Å². The van der Waals surface area contributed by atoms with Gasteiger partial charge in [-0.3, -0.25) is 0 Å². The molecule has 0 heterocycles. The van der Waals surface area contributed by atoms with Gasteiger partial charge in [-0.15, -0.1) is 0 Å². The SMILES string of the molecule is Cc1cc(N)c(Cl)cc1Nc1ccc(Br)cc1Br. The van der Waals surface area contributed by atoms with E-state index in [1.807, 2.05) is 37.3 Å². The van der Waals surface area contributed by atoms with Gasteiger partial charge in [0.05, 0.1) is 16.4 Å². The molecule has 0 unspecified atom stereocenters. The van der Waals surface area contributed by atoms with Crippen molar-refractivity contribution in [3.63, 3.8) is 0 Å². The van der Waals surface area contributed by atoms with Crippen molar-refractivity contribution in [1.82, 2.24) is 0 Å². The number of anilines is 3. The summed E-state index contributed by atoms with van der Waals surface area (Å²) in [7, 11) is 0. The van der Waals surface area contributed by atoms with Crippen LogP contribution in [0.4, 0.5) is 17.1 Å². The van der Waals surface area contributed by atoms with Crippen molar-refractivity contribution in [3.05, 3.63) is 49.9 Å². The van der Waals surface area contributed by atoms with Gasteiger partial charge < -0.3 is 11.1 Å². The highest BCUT2D eigenvalue weighted by Gasteiger charge is 2.06. The molecule has 0 amide bonds. The highest BCUT2D eigenvalue weighted by Crippen LogP contribution is 2.32. The number of hydrogen-bond acceptors (Lipinski definition) is 2. The molecule has 3 N–H and O–H groups in total. The summed E-state index contributed by atoms with van der Waals surface area (Å²) in [6.07, 6.45) is 0. The number of hydrogen-bond donors (Lipinski definition) is 2. The Morgan fingerprint density at radius 2 is 1.83 bits per heavy atom. The molecule has 0 aromatic heterocycles. The van der Waals surface area contributed by atoms with Crippen molar-refractivity contribution in [3.8, 4) is 0 Å². The largest absolute Gasteiger partial charge is 0.398 e. The van der Waals surface area contributed by atoms with E-state index in [1.54, 1.807) is 0 Å². The first kappa shape index (κ1) is 13.7. The minimum absolute atomic E-state index is 0.552. The van der Waals surface area contributed by atoms with Crippen molar-refractivity contribution in [2.24, 2.45) is 0 Å². The fraction of sp³-hybridized carbons (Fsp3) is 0.0769. The topological polar surface area (TPSA) is 38.0 Å². The van der Waals surface area contributed by atoms with Crippen LogP contribution in [-0.4, -0.2) is 0 Å².